The van der Waals surface area contributed by atoms with Gasteiger partial charge in [-0.25, -0.2) is 4.98 Å². The Morgan fingerprint density at radius 1 is 0.920 bits per heavy atom. The Kier molecular flexibility index (Phi) is 5.04. The van der Waals surface area contributed by atoms with Crippen LogP contribution in [0.25, 0.3) is 10.9 Å². The molecule has 0 saturated carbocycles. The lowest BCUT2D eigenvalue weighted by Crippen LogP contribution is -2.42. The summed E-state index contributed by atoms with van der Waals surface area (Å²) in [6, 6.07) is 20.8. The summed E-state index contributed by atoms with van der Waals surface area (Å²) < 4.78 is 0. The van der Waals surface area contributed by atoms with Crippen LogP contribution in [0.3, 0.4) is 0 Å². The lowest BCUT2D eigenvalue weighted by molar-refractivity contribution is -0.122. The summed E-state index contributed by atoms with van der Waals surface area (Å²) in [5, 5.41) is 0.958. The van der Waals surface area contributed by atoms with Gasteiger partial charge < -0.3 is 0 Å². The van der Waals surface area contributed by atoms with Crippen molar-refractivity contribution in [1.82, 2.24) is 15.8 Å². The second-order valence-corrected chi connectivity index (χ2v) is 5.91. The van der Waals surface area contributed by atoms with E-state index in [0.29, 0.717) is 0 Å². The summed E-state index contributed by atoms with van der Waals surface area (Å²) in [6.45, 7) is 1.97. The molecule has 0 radical (unpaired) electrons. The molecular formula is C20H19N3O2. The number of amides is 2. The fraction of sp³-hybridized carbons (Fsp3) is 0.150. The van der Waals surface area contributed by atoms with Crippen molar-refractivity contribution < 1.29 is 9.59 Å². The van der Waals surface area contributed by atoms with E-state index < -0.39 is 5.91 Å². The first-order chi connectivity index (χ1) is 12.1. The summed E-state index contributed by atoms with van der Waals surface area (Å²) in [7, 11) is 0. The maximum Gasteiger partial charge on any atom is 0.288 e. The highest BCUT2D eigenvalue weighted by Crippen LogP contribution is 2.17. The van der Waals surface area contributed by atoms with Crippen LogP contribution in [0.15, 0.2) is 66.7 Å². The second-order valence-electron chi connectivity index (χ2n) is 5.91. The van der Waals surface area contributed by atoms with Gasteiger partial charge in [0.1, 0.15) is 5.69 Å². The molecule has 1 heterocycles. The smallest absolute Gasteiger partial charge is 0.273 e. The Bertz CT molecular complexity index is 894. The predicted molar refractivity (Wildman–Crippen MR) is 96.8 cm³/mol. The number of carbonyl (C=O) groups excluding carboxylic acids is 2. The number of nitrogens with zero attached hydrogens (tertiary/aromatic N) is 1. The SMILES string of the molecule is CC(CC(=O)NNC(=O)c1ccc2ccccc2n1)c1ccccc1. The molecule has 5 heteroatoms. The third-order valence-corrected chi connectivity index (χ3v) is 4.01. The quantitative estimate of drug-likeness (QED) is 0.720. The van der Waals surface area contributed by atoms with E-state index in [1.165, 1.54) is 0 Å². The highest BCUT2D eigenvalue weighted by atomic mass is 16.2. The molecule has 25 heavy (non-hydrogen) atoms. The van der Waals surface area contributed by atoms with Crippen molar-refractivity contribution in [3.63, 3.8) is 0 Å². The number of benzene rings is 2. The van der Waals surface area contributed by atoms with E-state index in [9.17, 15) is 9.59 Å². The molecule has 2 aromatic carbocycles. The molecule has 1 aromatic heterocycles. The standard InChI is InChI=1S/C20H19N3O2/c1-14(15-7-3-2-4-8-15)13-19(24)22-23-20(25)18-12-11-16-9-5-6-10-17(16)21-18/h2-12,14H,13H2,1H3,(H,22,24)(H,23,25). The molecule has 0 saturated heterocycles. The van der Waals surface area contributed by atoms with Gasteiger partial charge in [0.15, 0.2) is 0 Å². The van der Waals surface area contributed by atoms with Gasteiger partial charge in [0, 0.05) is 11.8 Å². The van der Waals surface area contributed by atoms with E-state index in [2.05, 4.69) is 15.8 Å². The summed E-state index contributed by atoms with van der Waals surface area (Å²) in [5.74, 6) is -0.617. The fourth-order valence-electron chi connectivity index (χ4n) is 2.61. The van der Waals surface area contributed by atoms with Crippen molar-refractivity contribution in [2.75, 3.05) is 0 Å². The molecule has 0 spiro atoms. The number of para-hydroxylation sites is 1. The van der Waals surface area contributed by atoms with Gasteiger partial charge in [-0.1, -0.05) is 61.5 Å². The Morgan fingerprint density at radius 2 is 1.64 bits per heavy atom. The highest BCUT2D eigenvalue weighted by Gasteiger charge is 2.13. The number of nitrogens with one attached hydrogen (secondary N) is 2. The van der Waals surface area contributed by atoms with Crippen LogP contribution in [-0.2, 0) is 4.79 Å². The Labute approximate surface area is 146 Å². The third kappa shape index (κ3) is 4.20. The number of aromatic nitrogens is 1. The molecule has 1 unspecified atom stereocenters. The van der Waals surface area contributed by atoms with E-state index in [1.807, 2.05) is 67.6 Å². The van der Waals surface area contributed by atoms with Crippen LogP contribution in [0.2, 0.25) is 0 Å². The molecular weight excluding hydrogens is 314 g/mol. The summed E-state index contributed by atoms with van der Waals surface area (Å²) in [4.78, 5) is 28.5. The normalized spacial score (nSPS) is 11.7. The third-order valence-electron chi connectivity index (χ3n) is 4.01. The minimum atomic E-state index is -0.438. The first kappa shape index (κ1) is 16.6. The van der Waals surface area contributed by atoms with Crippen molar-refractivity contribution in [3.8, 4) is 0 Å². The molecule has 2 N–H and O–H groups in total. The molecule has 3 aromatic rings. The summed E-state index contributed by atoms with van der Waals surface area (Å²) in [5.41, 5.74) is 6.95. The van der Waals surface area contributed by atoms with Gasteiger partial charge in [-0.15, -0.1) is 0 Å². The zero-order chi connectivity index (χ0) is 17.6. The molecule has 0 aliphatic heterocycles. The average molecular weight is 333 g/mol. The van der Waals surface area contributed by atoms with E-state index in [0.717, 1.165) is 16.5 Å². The topological polar surface area (TPSA) is 71.1 Å². The lowest BCUT2D eigenvalue weighted by atomic mass is 9.98. The predicted octanol–water partition coefficient (Wildman–Crippen LogP) is 3.19. The molecule has 126 valence electrons. The summed E-state index contributed by atoms with van der Waals surface area (Å²) >= 11 is 0. The van der Waals surface area contributed by atoms with Crippen LogP contribution in [0.1, 0.15) is 35.3 Å². The van der Waals surface area contributed by atoms with Crippen LogP contribution >= 0.6 is 0 Å². The Balaban J connectivity index is 1.56. The van der Waals surface area contributed by atoms with Crippen molar-refractivity contribution in [2.45, 2.75) is 19.3 Å². The van der Waals surface area contributed by atoms with Crippen molar-refractivity contribution in [1.29, 1.82) is 0 Å². The molecule has 1 atom stereocenters. The van der Waals surface area contributed by atoms with Crippen molar-refractivity contribution in [3.05, 3.63) is 78.0 Å². The highest BCUT2D eigenvalue weighted by molar-refractivity contribution is 5.95. The van der Waals surface area contributed by atoms with Crippen LogP contribution in [-0.4, -0.2) is 16.8 Å². The minimum Gasteiger partial charge on any atom is -0.273 e. The van der Waals surface area contributed by atoms with Crippen LogP contribution < -0.4 is 10.9 Å². The van der Waals surface area contributed by atoms with E-state index in [4.69, 9.17) is 0 Å². The number of fused-ring (bicyclic) bond motifs is 1. The van der Waals surface area contributed by atoms with Crippen molar-refractivity contribution >= 4 is 22.7 Å². The maximum absolute atomic E-state index is 12.2. The Hall–Kier alpha value is -3.21. The van der Waals surface area contributed by atoms with Gasteiger partial charge >= 0.3 is 0 Å². The van der Waals surface area contributed by atoms with Gasteiger partial charge in [0.2, 0.25) is 5.91 Å². The molecule has 0 aliphatic carbocycles. The fourth-order valence-corrected chi connectivity index (χ4v) is 2.61. The number of hydrazine groups is 1. The molecule has 0 aliphatic rings. The number of hydrogen-bond acceptors (Lipinski definition) is 3. The van der Waals surface area contributed by atoms with Crippen LogP contribution in [0, 0.1) is 0 Å². The van der Waals surface area contributed by atoms with Crippen LogP contribution in [0.5, 0.6) is 0 Å². The van der Waals surface area contributed by atoms with E-state index in [-0.39, 0.29) is 23.9 Å². The van der Waals surface area contributed by atoms with Crippen LogP contribution in [0.4, 0.5) is 0 Å². The average Bonchev–Trinajstić information content (AvgIpc) is 2.66. The van der Waals surface area contributed by atoms with Gasteiger partial charge in [-0.3, -0.25) is 20.4 Å². The monoisotopic (exact) mass is 333 g/mol. The van der Waals surface area contributed by atoms with E-state index in [1.54, 1.807) is 6.07 Å². The number of rotatable bonds is 4. The number of carbonyl (C=O) groups is 2. The van der Waals surface area contributed by atoms with Gasteiger partial charge in [-0.05, 0) is 23.6 Å². The van der Waals surface area contributed by atoms with Gasteiger partial charge in [0.05, 0.1) is 5.52 Å². The van der Waals surface area contributed by atoms with E-state index >= 15 is 0 Å². The molecule has 3 rings (SSSR count). The Morgan fingerprint density at radius 3 is 2.44 bits per heavy atom. The second kappa shape index (κ2) is 7.57. The molecule has 0 fully saturated rings. The number of pyridine rings is 1. The van der Waals surface area contributed by atoms with Crippen molar-refractivity contribution in [2.24, 2.45) is 0 Å². The summed E-state index contributed by atoms with van der Waals surface area (Å²) in [6.07, 6.45) is 0.287. The zero-order valence-electron chi connectivity index (χ0n) is 13.9. The molecule has 2 amide bonds. The minimum absolute atomic E-state index is 0.0666. The largest absolute Gasteiger partial charge is 0.288 e. The maximum atomic E-state index is 12.2. The van der Waals surface area contributed by atoms with Gasteiger partial charge in [0.25, 0.3) is 5.91 Å². The first-order valence-electron chi connectivity index (χ1n) is 8.13. The zero-order valence-corrected chi connectivity index (χ0v) is 13.9. The lowest BCUT2D eigenvalue weighted by Gasteiger charge is -2.12. The molecule has 0 bridgehead atoms. The van der Waals surface area contributed by atoms with Gasteiger partial charge in [-0.2, -0.15) is 0 Å². The number of hydrogen-bond donors (Lipinski definition) is 2. The first-order valence-corrected chi connectivity index (χ1v) is 8.13. The molecule has 5 nitrogen and oxygen atoms in total.